The van der Waals surface area contributed by atoms with Gasteiger partial charge in [0.15, 0.2) is 0 Å². The molecule has 14 heavy (non-hydrogen) atoms. The molecule has 1 rings (SSSR count). The normalized spacial score (nSPS) is 19.4. The van der Waals surface area contributed by atoms with Crippen LogP contribution in [0.5, 0.6) is 0 Å². The summed E-state index contributed by atoms with van der Waals surface area (Å²) >= 11 is 5.27. The highest BCUT2D eigenvalue weighted by Gasteiger charge is 2.15. The fraction of sp³-hybridized carbons (Fsp3) is 0.818. The summed E-state index contributed by atoms with van der Waals surface area (Å²) < 4.78 is 0. The molecule has 0 bridgehead atoms. The van der Waals surface area contributed by atoms with Crippen LogP contribution in [-0.4, -0.2) is 28.8 Å². The zero-order valence-electron chi connectivity index (χ0n) is 8.92. The van der Waals surface area contributed by atoms with E-state index in [1.54, 1.807) is 0 Å². The van der Waals surface area contributed by atoms with Crippen molar-refractivity contribution in [2.75, 3.05) is 13.1 Å². The Kier molecular flexibility index (Phi) is 5.09. The van der Waals surface area contributed by atoms with Crippen LogP contribution in [0, 0.1) is 0 Å². The maximum atomic E-state index is 11.4. The van der Waals surface area contributed by atoms with E-state index in [1.165, 1.54) is 12.8 Å². The molecule has 0 unspecified atom stereocenters. The third kappa shape index (κ3) is 3.74. The Morgan fingerprint density at radius 2 is 2.21 bits per heavy atom. The van der Waals surface area contributed by atoms with E-state index in [4.69, 9.17) is 12.2 Å². The van der Waals surface area contributed by atoms with Gasteiger partial charge in [-0.3, -0.25) is 4.79 Å². The van der Waals surface area contributed by atoms with Crippen LogP contribution in [0.1, 0.15) is 45.4 Å². The van der Waals surface area contributed by atoms with Crippen molar-refractivity contribution in [1.29, 1.82) is 0 Å². The Morgan fingerprint density at radius 3 is 2.93 bits per heavy atom. The minimum atomic E-state index is 0.316. The summed E-state index contributed by atoms with van der Waals surface area (Å²) in [6, 6.07) is 0. The average molecular weight is 213 g/mol. The molecule has 0 aliphatic carbocycles. The van der Waals surface area contributed by atoms with Crippen LogP contribution in [-0.2, 0) is 4.79 Å². The number of thiocarbonyl (C=S) groups is 1. The molecule has 0 aromatic carbocycles. The molecule has 0 atom stereocenters. The van der Waals surface area contributed by atoms with Gasteiger partial charge in [-0.25, -0.2) is 0 Å². The molecule has 0 radical (unpaired) electrons. The number of unbranched alkanes of at least 4 members (excludes halogenated alkanes) is 1. The number of hydrogen-bond donors (Lipinski definition) is 0. The van der Waals surface area contributed by atoms with Gasteiger partial charge in [-0.15, -0.1) is 0 Å². The highest BCUT2D eigenvalue weighted by Crippen LogP contribution is 2.11. The Hall–Kier alpha value is -0.440. The molecule has 80 valence electrons. The van der Waals surface area contributed by atoms with Crippen LogP contribution in [0.2, 0.25) is 0 Å². The molecule has 1 heterocycles. The monoisotopic (exact) mass is 213 g/mol. The molecule has 1 aliphatic rings. The average Bonchev–Trinajstić information content (AvgIpc) is 2.14. The predicted octanol–water partition coefficient (Wildman–Crippen LogP) is 2.56. The second-order valence-electron chi connectivity index (χ2n) is 3.91. The van der Waals surface area contributed by atoms with Gasteiger partial charge in [0.2, 0.25) is 0 Å². The topological polar surface area (TPSA) is 20.3 Å². The minimum Gasteiger partial charge on any atom is -0.366 e. The summed E-state index contributed by atoms with van der Waals surface area (Å²) in [5.74, 6) is 0.316. The van der Waals surface area contributed by atoms with Crippen LogP contribution < -0.4 is 0 Å². The van der Waals surface area contributed by atoms with Gasteiger partial charge in [0, 0.05) is 19.5 Å². The Bertz CT molecular complexity index is 213. The van der Waals surface area contributed by atoms with E-state index in [0.29, 0.717) is 12.2 Å². The first kappa shape index (κ1) is 11.6. The van der Waals surface area contributed by atoms with Gasteiger partial charge in [0.05, 0.1) is 11.4 Å². The second kappa shape index (κ2) is 6.12. The van der Waals surface area contributed by atoms with Crippen LogP contribution in [0.4, 0.5) is 0 Å². The van der Waals surface area contributed by atoms with Crippen molar-refractivity contribution < 1.29 is 4.79 Å². The maximum absolute atomic E-state index is 11.4. The lowest BCUT2D eigenvalue weighted by Crippen LogP contribution is -2.34. The van der Waals surface area contributed by atoms with Crippen LogP contribution in [0.15, 0.2) is 0 Å². The fourth-order valence-electron chi connectivity index (χ4n) is 1.70. The Morgan fingerprint density at radius 1 is 1.43 bits per heavy atom. The molecule has 1 fully saturated rings. The lowest BCUT2D eigenvalue weighted by Gasteiger charge is -2.26. The molecule has 1 saturated heterocycles. The number of hydrogen-bond acceptors (Lipinski definition) is 2. The lowest BCUT2D eigenvalue weighted by molar-refractivity contribution is -0.118. The van der Waals surface area contributed by atoms with Gasteiger partial charge in [0.1, 0.15) is 5.78 Å². The number of rotatable bonds is 3. The third-order valence-electron chi connectivity index (χ3n) is 2.62. The highest BCUT2D eigenvalue weighted by molar-refractivity contribution is 7.80. The lowest BCUT2D eigenvalue weighted by atomic mass is 10.1. The first-order valence-corrected chi connectivity index (χ1v) is 5.94. The van der Waals surface area contributed by atoms with Crippen LogP contribution in [0.25, 0.3) is 0 Å². The molecule has 2 nitrogen and oxygen atoms in total. The summed E-state index contributed by atoms with van der Waals surface area (Å²) in [5.41, 5.74) is 0. The van der Waals surface area contributed by atoms with Crippen molar-refractivity contribution >= 4 is 23.0 Å². The van der Waals surface area contributed by atoms with E-state index in [0.717, 1.165) is 37.3 Å². The van der Waals surface area contributed by atoms with Crippen molar-refractivity contribution in [3.8, 4) is 0 Å². The molecule has 0 N–H and O–H groups in total. The smallest absolute Gasteiger partial charge is 0.139 e. The number of Topliss-reactive ketones (excluding diaryl/α,β-unsaturated/α-hetero) is 1. The van der Waals surface area contributed by atoms with Crippen molar-refractivity contribution in [2.45, 2.75) is 45.4 Å². The summed E-state index contributed by atoms with van der Waals surface area (Å²) in [7, 11) is 0. The van der Waals surface area contributed by atoms with E-state index in [2.05, 4.69) is 11.8 Å². The number of ketones is 1. The number of carbonyl (C=O) groups is 1. The standard InChI is InChI=1S/C11H19NOS/c1-2-3-7-12-8-5-4-6-10(13)9-11(12)14/h2-9H2,1H3. The van der Waals surface area contributed by atoms with Gasteiger partial charge in [0.25, 0.3) is 0 Å². The first-order valence-electron chi connectivity index (χ1n) is 5.53. The van der Waals surface area contributed by atoms with Crippen LogP contribution >= 0.6 is 12.2 Å². The number of likely N-dealkylation sites (tertiary alicyclic amines) is 1. The summed E-state index contributed by atoms with van der Waals surface area (Å²) in [5, 5.41) is 0. The van der Waals surface area contributed by atoms with Gasteiger partial charge in [-0.2, -0.15) is 0 Å². The zero-order valence-corrected chi connectivity index (χ0v) is 9.74. The quantitative estimate of drug-likeness (QED) is 0.672. The van der Waals surface area contributed by atoms with Crippen molar-refractivity contribution in [1.82, 2.24) is 4.90 Å². The first-order chi connectivity index (χ1) is 6.74. The van der Waals surface area contributed by atoms with E-state index < -0.39 is 0 Å². The molecular formula is C11H19NOS. The van der Waals surface area contributed by atoms with E-state index >= 15 is 0 Å². The predicted molar refractivity (Wildman–Crippen MR) is 62.6 cm³/mol. The molecule has 0 aromatic rings. The van der Waals surface area contributed by atoms with E-state index in [1.807, 2.05) is 0 Å². The molecule has 0 spiro atoms. The minimum absolute atomic E-state index is 0.316. The number of carbonyl (C=O) groups excluding carboxylic acids is 1. The molecule has 3 heteroatoms. The molecule has 0 amide bonds. The zero-order chi connectivity index (χ0) is 10.4. The van der Waals surface area contributed by atoms with Crippen LogP contribution in [0.3, 0.4) is 0 Å². The maximum Gasteiger partial charge on any atom is 0.139 e. The van der Waals surface area contributed by atoms with Gasteiger partial charge >= 0.3 is 0 Å². The van der Waals surface area contributed by atoms with Crippen molar-refractivity contribution in [3.05, 3.63) is 0 Å². The SMILES string of the molecule is CCCCN1CCCCC(=O)CC1=S. The van der Waals surface area contributed by atoms with Gasteiger partial charge < -0.3 is 4.90 Å². The Balaban J connectivity index is 2.45. The summed E-state index contributed by atoms with van der Waals surface area (Å²) in [4.78, 5) is 14.4. The molecular weight excluding hydrogens is 194 g/mol. The molecule has 1 aliphatic heterocycles. The van der Waals surface area contributed by atoms with E-state index in [-0.39, 0.29) is 0 Å². The highest BCUT2D eigenvalue weighted by atomic mass is 32.1. The molecule has 0 saturated carbocycles. The third-order valence-corrected chi connectivity index (χ3v) is 3.02. The second-order valence-corrected chi connectivity index (χ2v) is 4.38. The fourth-order valence-corrected chi connectivity index (χ4v) is 2.05. The van der Waals surface area contributed by atoms with E-state index in [9.17, 15) is 4.79 Å². The van der Waals surface area contributed by atoms with Gasteiger partial charge in [-0.05, 0) is 19.3 Å². The summed E-state index contributed by atoms with van der Waals surface area (Å²) in [6.07, 6.45) is 5.72. The summed E-state index contributed by atoms with van der Waals surface area (Å²) in [6.45, 7) is 4.26. The Labute approximate surface area is 91.7 Å². The number of nitrogens with zero attached hydrogens (tertiary/aromatic N) is 1. The van der Waals surface area contributed by atoms with Crippen molar-refractivity contribution in [3.63, 3.8) is 0 Å². The molecule has 0 aromatic heterocycles. The van der Waals surface area contributed by atoms with Gasteiger partial charge in [-0.1, -0.05) is 25.6 Å². The largest absolute Gasteiger partial charge is 0.366 e. The van der Waals surface area contributed by atoms with Crippen molar-refractivity contribution in [2.24, 2.45) is 0 Å².